The number of hydrogen-bond acceptors (Lipinski definition) is 2. The van der Waals surface area contributed by atoms with Gasteiger partial charge in [0.25, 0.3) is 0 Å². The predicted octanol–water partition coefficient (Wildman–Crippen LogP) is 7.08. The molecule has 0 aliphatic rings. The van der Waals surface area contributed by atoms with Crippen LogP contribution in [0, 0.1) is 6.57 Å². The molecule has 0 N–H and O–H groups in total. The Kier molecular flexibility index (Phi) is 5.45. The molecule has 0 unspecified atom stereocenters. The molecule has 0 saturated heterocycles. The van der Waals surface area contributed by atoms with E-state index in [0.29, 0.717) is 17.1 Å². The van der Waals surface area contributed by atoms with E-state index in [1.54, 1.807) is 19.3 Å². The minimum atomic E-state index is -0.770. The van der Waals surface area contributed by atoms with E-state index < -0.39 is 5.54 Å². The molecule has 0 aliphatic carbocycles. The van der Waals surface area contributed by atoms with E-state index in [1.807, 2.05) is 60.7 Å². The Morgan fingerprint density at radius 1 is 0.824 bits per heavy atom. The Morgan fingerprint density at radius 2 is 1.32 bits per heavy atom. The number of hydrogen-bond donors (Lipinski definition) is 0. The first-order valence-electron chi connectivity index (χ1n) is 11.0. The lowest BCUT2D eigenvalue weighted by molar-refractivity contribution is 0.422. The Labute approximate surface area is 199 Å². The average molecular weight is 442 g/mol. The first-order chi connectivity index (χ1) is 16.7. The smallest absolute Gasteiger partial charge is 0.228 e. The Morgan fingerprint density at radius 3 is 1.74 bits per heavy atom. The predicted molar refractivity (Wildman–Crippen MR) is 137 cm³/mol. The third-order valence-electron chi connectivity index (χ3n) is 6.22. The standard InChI is InChI=1S/C30H23N3O/c1-4-25-28-27(21-20-26(31-2)29(28)34-3)33(32-25)30(22-14-8-5-9-15-22,23-16-10-6-11-17-23)24-18-12-7-13-19-24/h4-21H,1H2,3H3. The lowest BCUT2D eigenvalue weighted by Gasteiger charge is -2.37. The van der Waals surface area contributed by atoms with Gasteiger partial charge in [0, 0.05) is 0 Å². The van der Waals surface area contributed by atoms with Crippen LogP contribution < -0.4 is 4.74 Å². The summed E-state index contributed by atoms with van der Waals surface area (Å²) in [4.78, 5) is 3.67. The highest BCUT2D eigenvalue weighted by atomic mass is 16.5. The normalized spacial score (nSPS) is 11.2. The largest absolute Gasteiger partial charge is 0.507 e. The van der Waals surface area contributed by atoms with Crippen molar-refractivity contribution in [3.8, 4) is 5.75 Å². The molecule has 5 aromatic rings. The van der Waals surface area contributed by atoms with Crippen LogP contribution in [0.1, 0.15) is 22.4 Å². The Hall–Kier alpha value is -4.62. The highest BCUT2D eigenvalue weighted by Crippen LogP contribution is 2.45. The number of fused-ring (bicyclic) bond motifs is 1. The molecule has 0 saturated carbocycles. The molecule has 4 nitrogen and oxygen atoms in total. The van der Waals surface area contributed by atoms with Crippen molar-refractivity contribution in [3.63, 3.8) is 0 Å². The fourth-order valence-corrected chi connectivity index (χ4v) is 4.80. The average Bonchev–Trinajstić information content (AvgIpc) is 3.29. The van der Waals surface area contributed by atoms with Crippen LogP contribution in [0.3, 0.4) is 0 Å². The van der Waals surface area contributed by atoms with Crippen LogP contribution in [0.15, 0.2) is 110 Å². The molecular formula is C30H23N3O. The van der Waals surface area contributed by atoms with E-state index in [0.717, 1.165) is 27.6 Å². The highest BCUT2D eigenvalue weighted by Gasteiger charge is 2.41. The van der Waals surface area contributed by atoms with Crippen LogP contribution in [0.2, 0.25) is 0 Å². The van der Waals surface area contributed by atoms with Crippen molar-refractivity contribution < 1.29 is 4.74 Å². The van der Waals surface area contributed by atoms with Crippen molar-refractivity contribution >= 4 is 22.7 Å². The van der Waals surface area contributed by atoms with Gasteiger partial charge in [0.05, 0.1) is 30.3 Å². The molecule has 0 radical (unpaired) electrons. The van der Waals surface area contributed by atoms with Crippen LogP contribution in [0.25, 0.3) is 21.8 Å². The number of nitrogens with zero attached hydrogens (tertiary/aromatic N) is 3. The lowest BCUT2D eigenvalue weighted by atomic mass is 9.77. The van der Waals surface area contributed by atoms with E-state index in [4.69, 9.17) is 16.4 Å². The molecule has 0 aliphatic heterocycles. The van der Waals surface area contributed by atoms with Gasteiger partial charge in [-0.1, -0.05) is 104 Å². The summed E-state index contributed by atoms with van der Waals surface area (Å²) in [6.07, 6.45) is 1.72. The van der Waals surface area contributed by atoms with Gasteiger partial charge in [-0.3, -0.25) is 0 Å². The summed E-state index contributed by atoms with van der Waals surface area (Å²) in [6, 6.07) is 34.9. The molecule has 0 amide bonds. The minimum Gasteiger partial charge on any atom is -0.507 e. The summed E-state index contributed by atoms with van der Waals surface area (Å²) in [5.74, 6) is 0.511. The van der Waals surface area contributed by atoms with Crippen LogP contribution in [0.4, 0.5) is 5.69 Å². The number of methoxy groups -OCH3 is 1. The quantitative estimate of drug-likeness (QED) is 0.208. The van der Waals surface area contributed by atoms with Gasteiger partial charge in [0.2, 0.25) is 5.69 Å². The van der Waals surface area contributed by atoms with Crippen molar-refractivity contribution in [1.82, 2.24) is 9.78 Å². The van der Waals surface area contributed by atoms with Gasteiger partial charge in [-0.15, -0.1) is 0 Å². The molecule has 4 aromatic carbocycles. The van der Waals surface area contributed by atoms with Crippen molar-refractivity contribution in [1.29, 1.82) is 0 Å². The second-order valence-electron chi connectivity index (χ2n) is 7.93. The summed E-state index contributed by atoms with van der Waals surface area (Å²) in [5, 5.41) is 5.89. The first-order valence-corrected chi connectivity index (χ1v) is 11.0. The lowest BCUT2D eigenvalue weighted by Crippen LogP contribution is -2.38. The van der Waals surface area contributed by atoms with Crippen molar-refractivity contribution in [2.75, 3.05) is 7.11 Å². The van der Waals surface area contributed by atoms with Crippen LogP contribution in [0.5, 0.6) is 5.75 Å². The molecule has 0 atom stereocenters. The molecule has 34 heavy (non-hydrogen) atoms. The first kappa shape index (κ1) is 21.2. The van der Waals surface area contributed by atoms with Crippen LogP contribution >= 0.6 is 0 Å². The van der Waals surface area contributed by atoms with Crippen molar-refractivity contribution in [2.45, 2.75) is 5.54 Å². The fraction of sp³-hybridized carbons (Fsp3) is 0.0667. The van der Waals surface area contributed by atoms with Gasteiger partial charge < -0.3 is 4.74 Å². The monoisotopic (exact) mass is 441 g/mol. The van der Waals surface area contributed by atoms with Gasteiger partial charge in [-0.25, -0.2) is 9.53 Å². The minimum absolute atomic E-state index is 0.447. The number of benzene rings is 4. The third-order valence-corrected chi connectivity index (χ3v) is 6.22. The number of aromatic nitrogens is 2. The summed E-state index contributed by atoms with van der Waals surface area (Å²) in [5.41, 5.74) is 4.41. The maximum Gasteiger partial charge on any atom is 0.228 e. The molecule has 0 bridgehead atoms. The zero-order valence-corrected chi connectivity index (χ0v) is 18.8. The second kappa shape index (κ2) is 8.73. The molecule has 4 heteroatoms. The molecule has 5 rings (SSSR count). The maximum absolute atomic E-state index is 7.62. The SMILES string of the molecule is [C-]#[N+]c1ccc2c(c(C=C)nn2C(c2ccccc2)(c2ccccc2)c2ccccc2)c1OC. The summed E-state index contributed by atoms with van der Waals surface area (Å²) in [7, 11) is 1.59. The molecular weight excluding hydrogens is 418 g/mol. The van der Waals surface area contributed by atoms with Crippen molar-refractivity contribution in [3.05, 3.63) is 144 Å². The van der Waals surface area contributed by atoms with E-state index in [2.05, 4.69) is 52.5 Å². The van der Waals surface area contributed by atoms with Crippen molar-refractivity contribution in [2.24, 2.45) is 0 Å². The second-order valence-corrected chi connectivity index (χ2v) is 7.93. The molecule has 0 fully saturated rings. The fourth-order valence-electron chi connectivity index (χ4n) is 4.80. The highest BCUT2D eigenvalue weighted by molar-refractivity contribution is 5.97. The van der Waals surface area contributed by atoms with Crippen LogP contribution in [-0.4, -0.2) is 16.9 Å². The zero-order valence-electron chi connectivity index (χ0n) is 18.8. The van der Waals surface area contributed by atoms with Gasteiger partial charge in [-0.05, 0) is 28.8 Å². The number of ether oxygens (including phenoxy) is 1. The molecule has 1 aromatic heterocycles. The van der Waals surface area contributed by atoms with Gasteiger partial charge in [0.15, 0.2) is 0 Å². The Balaban J connectivity index is 2.02. The van der Waals surface area contributed by atoms with E-state index in [1.165, 1.54) is 0 Å². The van der Waals surface area contributed by atoms with E-state index in [-0.39, 0.29) is 0 Å². The molecule has 0 spiro atoms. The zero-order chi connectivity index (χ0) is 23.5. The van der Waals surface area contributed by atoms with Crippen LogP contribution in [-0.2, 0) is 5.54 Å². The Bertz CT molecular complexity index is 1400. The summed E-state index contributed by atoms with van der Waals surface area (Å²) in [6.45, 7) is 11.6. The topological polar surface area (TPSA) is 31.4 Å². The molecule has 1 heterocycles. The summed E-state index contributed by atoms with van der Waals surface area (Å²) < 4.78 is 7.77. The van der Waals surface area contributed by atoms with E-state index >= 15 is 0 Å². The van der Waals surface area contributed by atoms with E-state index in [9.17, 15) is 0 Å². The van der Waals surface area contributed by atoms with Gasteiger partial charge >= 0.3 is 0 Å². The molecule has 164 valence electrons. The van der Waals surface area contributed by atoms with Gasteiger partial charge in [0.1, 0.15) is 11.3 Å². The third kappa shape index (κ3) is 3.10. The maximum atomic E-state index is 7.62. The van der Waals surface area contributed by atoms with Gasteiger partial charge in [-0.2, -0.15) is 5.10 Å². The summed E-state index contributed by atoms with van der Waals surface area (Å²) >= 11 is 0. The number of rotatable bonds is 6.